The van der Waals surface area contributed by atoms with Gasteiger partial charge in [0.25, 0.3) is 0 Å². The van der Waals surface area contributed by atoms with Crippen LogP contribution >= 0.6 is 0 Å². The number of aliphatic hydroxyl groups is 1. The van der Waals surface area contributed by atoms with Gasteiger partial charge in [-0.2, -0.15) is 0 Å². The van der Waals surface area contributed by atoms with E-state index in [2.05, 4.69) is 36.3 Å². The SMILES string of the molecule is CCCCc1ccc(NC(=O)N2CCC(N(C)CCCO)CC2)cc1. The Labute approximate surface area is 152 Å². The smallest absolute Gasteiger partial charge is 0.321 e. The van der Waals surface area contributed by atoms with Gasteiger partial charge in [0, 0.05) is 38.0 Å². The molecule has 0 unspecified atom stereocenters. The first-order chi connectivity index (χ1) is 12.1. The molecule has 0 radical (unpaired) electrons. The summed E-state index contributed by atoms with van der Waals surface area (Å²) >= 11 is 0. The van der Waals surface area contributed by atoms with Crippen LogP contribution in [0.4, 0.5) is 10.5 Å². The van der Waals surface area contributed by atoms with Gasteiger partial charge in [0.2, 0.25) is 0 Å². The Hall–Kier alpha value is -1.59. The summed E-state index contributed by atoms with van der Waals surface area (Å²) in [5.74, 6) is 0. The minimum atomic E-state index is -0.00207. The zero-order chi connectivity index (χ0) is 18.1. The van der Waals surface area contributed by atoms with Gasteiger partial charge < -0.3 is 20.2 Å². The summed E-state index contributed by atoms with van der Waals surface area (Å²) in [6.45, 7) is 4.92. The number of likely N-dealkylation sites (tertiary alicyclic amines) is 1. The van der Waals surface area contributed by atoms with Crippen molar-refractivity contribution in [2.24, 2.45) is 0 Å². The minimum Gasteiger partial charge on any atom is -0.396 e. The zero-order valence-corrected chi connectivity index (χ0v) is 15.7. The average molecular weight is 348 g/mol. The molecule has 1 heterocycles. The Morgan fingerprint density at radius 3 is 2.52 bits per heavy atom. The number of carbonyl (C=O) groups excluding carboxylic acids is 1. The minimum absolute atomic E-state index is 0.00207. The lowest BCUT2D eigenvalue weighted by molar-refractivity contribution is 0.134. The van der Waals surface area contributed by atoms with Gasteiger partial charge >= 0.3 is 6.03 Å². The van der Waals surface area contributed by atoms with Crippen molar-refractivity contribution in [3.63, 3.8) is 0 Å². The quantitative estimate of drug-likeness (QED) is 0.758. The molecule has 1 aromatic rings. The summed E-state index contributed by atoms with van der Waals surface area (Å²) in [4.78, 5) is 16.7. The average Bonchev–Trinajstić information content (AvgIpc) is 2.65. The second-order valence-electron chi connectivity index (χ2n) is 7.01. The van der Waals surface area contributed by atoms with Crippen LogP contribution in [0.2, 0.25) is 0 Å². The van der Waals surface area contributed by atoms with Gasteiger partial charge in [0.1, 0.15) is 0 Å². The number of hydrogen-bond donors (Lipinski definition) is 2. The summed E-state index contributed by atoms with van der Waals surface area (Å²) in [5.41, 5.74) is 2.19. The van der Waals surface area contributed by atoms with Crippen molar-refractivity contribution in [3.8, 4) is 0 Å². The third-order valence-corrected chi connectivity index (χ3v) is 5.07. The predicted molar refractivity (Wildman–Crippen MR) is 103 cm³/mol. The normalized spacial score (nSPS) is 15.6. The lowest BCUT2D eigenvalue weighted by Gasteiger charge is -2.36. The number of amides is 2. The molecule has 0 spiro atoms. The van der Waals surface area contributed by atoms with Gasteiger partial charge in [-0.3, -0.25) is 0 Å². The molecule has 5 heteroatoms. The highest BCUT2D eigenvalue weighted by atomic mass is 16.3. The number of rotatable bonds is 8. The molecular weight excluding hydrogens is 314 g/mol. The van der Waals surface area contributed by atoms with Crippen molar-refractivity contribution in [1.82, 2.24) is 9.80 Å². The van der Waals surface area contributed by atoms with Crippen molar-refractivity contribution >= 4 is 11.7 Å². The maximum Gasteiger partial charge on any atom is 0.321 e. The summed E-state index contributed by atoms with van der Waals surface area (Å²) in [5, 5.41) is 12.0. The van der Waals surface area contributed by atoms with E-state index in [0.717, 1.165) is 51.0 Å². The van der Waals surface area contributed by atoms with E-state index in [9.17, 15) is 4.79 Å². The molecule has 0 atom stereocenters. The number of aliphatic hydroxyl groups excluding tert-OH is 1. The van der Waals surface area contributed by atoms with Crippen LogP contribution in [0.3, 0.4) is 0 Å². The molecule has 0 aromatic heterocycles. The second-order valence-corrected chi connectivity index (χ2v) is 7.01. The molecular formula is C20H33N3O2. The van der Waals surface area contributed by atoms with E-state index in [0.29, 0.717) is 6.04 Å². The molecule has 1 aromatic carbocycles. The fourth-order valence-electron chi connectivity index (χ4n) is 3.35. The van der Waals surface area contributed by atoms with E-state index < -0.39 is 0 Å². The second kappa shape index (κ2) is 10.4. The summed E-state index contributed by atoms with van der Waals surface area (Å²) in [6.07, 6.45) is 6.29. The molecule has 2 N–H and O–H groups in total. The fraction of sp³-hybridized carbons (Fsp3) is 0.650. The predicted octanol–water partition coefficient (Wildman–Crippen LogP) is 3.34. The van der Waals surface area contributed by atoms with Crippen LogP contribution < -0.4 is 5.32 Å². The van der Waals surface area contributed by atoms with Gasteiger partial charge in [0.05, 0.1) is 0 Å². The molecule has 5 nitrogen and oxygen atoms in total. The van der Waals surface area contributed by atoms with Crippen LogP contribution in [0.5, 0.6) is 0 Å². The maximum absolute atomic E-state index is 12.4. The summed E-state index contributed by atoms with van der Waals surface area (Å²) < 4.78 is 0. The van der Waals surface area contributed by atoms with Crippen molar-refractivity contribution in [2.75, 3.05) is 38.6 Å². The highest BCUT2D eigenvalue weighted by Crippen LogP contribution is 2.18. The Morgan fingerprint density at radius 1 is 1.24 bits per heavy atom. The van der Waals surface area contributed by atoms with E-state index in [1.54, 1.807) is 0 Å². The van der Waals surface area contributed by atoms with Crippen molar-refractivity contribution in [1.29, 1.82) is 0 Å². The largest absolute Gasteiger partial charge is 0.396 e. The number of nitrogens with one attached hydrogen (secondary N) is 1. The molecule has 2 rings (SSSR count). The number of piperidine rings is 1. The van der Waals surface area contributed by atoms with Crippen LogP contribution in [0.25, 0.3) is 0 Å². The summed E-state index contributed by atoms with van der Waals surface area (Å²) in [6, 6.07) is 8.71. The number of urea groups is 1. The third kappa shape index (κ3) is 6.33. The van der Waals surface area contributed by atoms with E-state index >= 15 is 0 Å². The van der Waals surface area contributed by atoms with Crippen LogP contribution in [0.1, 0.15) is 44.6 Å². The molecule has 1 aliphatic rings. The van der Waals surface area contributed by atoms with Crippen molar-refractivity contribution < 1.29 is 9.90 Å². The monoisotopic (exact) mass is 347 g/mol. The van der Waals surface area contributed by atoms with E-state index in [1.807, 2.05) is 17.0 Å². The number of benzene rings is 1. The standard InChI is InChI=1S/C20H33N3O2/c1-3-4-6-17-7-9-18(10-8-17)21-20(25)23-14-11-19(12-15-23)22(2)13-5-16-24/h7-10,19,24H,3-6,11-16H2,1-2H3,(H,21,25). The molecule has 0 bridgehead atoms. The van der Waals surface area contributed by atoms with Crippen molar-refractivity contribution in [2.45, 2.75) is 51.5 Å². The Balaban J connectivity index is 1.76. The van der Waals surface area contributed by atoms with Crippen molar-refractivity contribution in [3.05, 3.63) is 29.8 Å². The number of anilines is 1. The number of carbonyl (C=O) groups is 1. The first-order valence-corrected chi connectivity index (χ1v) is 9.60. The highest BCUT2D eigenvalue weighted by molar-refractivity contribution is 5.89. The molecule has 25 heavy (non-hydrogen) atoms. The molecule has 1 fully saturated rings. The topological polar surface area (TPSA) is 55.8 Å². The number of nitrogens with zero attached hydrogens (tertiary/aromatic N) is 2. The fourth-order valence-corrected chi connectivity index (χ4v) is 3.35. The molecule has 2 amide bonds. The molecule has 0 saturated carbocycles. The van der Waals surface area contributed by atoms with Gasteiger partial charge in [0.15, 0.2) is 0 Å². The first kappa shape index (κ1) is 19.7. The molecule has 1 aliphatic heterocycles. The highest BCUT2D eigenvalue weighted by Gasteiger charge is 2.25. The van der Waals surface area contributed by atoms with E-state index in [4.69, 9.17) is 5.11 Å². The van der Waals surface area contributed by atoms with Gasteiger partial charge in [-0.25, -0.2) is 4.79 Å². The van der Waals surface area contributed by atoms with Gasteiger partial charge in [-0.1, -0.05) is 25.5 Å². The Morgan fingerprint density at radius 2 is 1.92 bits per heavy atom. The van der Waals surface area contributed by atoms with Crippen LogP contribution in [0.15, 0.2) is 24.3 Å². The van der Waals surface area contributed by atoms with Crippen LogP contribution in [0, 0.1) is 0 Å². The first-order valence-electron chi connectivity index (χ1n) is 9.60. The van der Waals surface area contributed by atoms with E-state index in [-0.39, 0.29) is 12.6 Å². The lowest BCUT2D eigenvalue weighted by atomic mass is 10.0. The van der Waals surface area contributed by atoms with Gasteiger partial charge in [-0.05, 0) is 56.8 Å². The molecule has 1 saturated heterocycles. The van der Waals surface area contributed by atoms with Crippen LogP contribution in [-0.4, -0.2) is 60.3 Å². The zero-order valence-electron chi connectivity index (χ0n) is 15.7. The molecule has 0 aliphatic carbocycles. The van der Waals surface area contributed by atoms with Gasteiger partial charge in [-0.15, -0.1) is 0 Å². The number of unbranched alkanes of at least 4 members (excludes halogenated alkanes) is 1. The molecule has 140 valence electrons. The Kier molecular flexibility index (Phi) is 8.22. The van der Waals surface area contributed by atoms with E-state index in [1.165, 1.54) is 18.4 Å². The Bertz CT molecular complexity index is 510. The lowest BCUT2D eigenvalue weighted by Crippen LogP contribution is -2.47. The third-order valence-electron chi connectivity index (χ3n) is 5.07. The summed E-state index contributed by atoms with van der Waals surface area (Å²) in [7, 11) is 2.11. The number of aryl methyl sites for hydroxylation is 1. The number of hydrogen-bond acceptors (Lipinski definition) is 3. The van der Waals surface area contributed by atoms with Crippen LogP contribution in [-0.2, 0) is 6.42 Å². The maximum atomic E-state index is 12.4.